The molecule has 136 valence electrons. The van der Waals surface area contributed by atoms with Gasteiger partial charge in [-0.05, 0) is 36.8 Å². The van der Waals surface area contributed by atoms with Gasteiger partial charge in [-0.2, -0.15) is 0 Å². The summed E-state index contributed by atoms with van der Waals surface area (Å²) in [6.45, 7) is 1.96. The molecule has 0 amide bonds. The fourth-order valence-corrected chi connectivity index (χ4v) is 3.47. The minimum atomic E-state index is -0.232. The van der Waals surface area contributed by atoms with Crippen LogP contribution in [0.1, 0.15) is 24.4 Å². The molecule has 1 atom stereocenters. The fourth-order valence-electron chi connectivity index (χ4n) is 2.47. The van der Waals surface area contributed by atoms with E-state index < -0.39 is 0 Å². The van der Waals surface area contributed by atoms with E-state index in [0.29, 0.717) is 0 Å². The summed E-state index contributed by atoms with van der Waals surface area (Å²) in [6.07, 6.45) is -0.232. The number of rotatable bonds is 7. The molecule has 1 unspecified atom stereocenters. The van der Waals surface area contributed by atoms with E-state index in [0.717, 1.165) is 33.3 Å². The zero-order chi connectivity index (χ0) is 18.5. The summed E-state index contributed by atoms with van der Waals surface area (Å²) in [5, 5.41) is 10.2. The SMILES string of the molecule is COc1cccc(OC(C)c2nnc(SCc3ccc(Cl)cc3)n2C)c1. The molecule has 7 heteroatoms. The van der Waals surface area contributed by atoms with Crippen molar-refractivity contribution in [3.63, 3.8) is 0 Å². The van der Waals surface area contributed by atoms with E-state index in [9.17, 15) is 0 Å². The van der Waals surface area contributed by atoms with E-state index in [1.807, 2.05) is 67.1 Å². The lowest BCUT2D eigenvalue weighted by Crippen LogP contribution is -2.10. The number of nitrogens with zero attached hydrogens (tertiary/aromatic N) is 3. The van der Waals surface area contributed by atoms with Crippen LogP contribution in [0.4, 0.5) is 0 Å². The Morgan fingerprint density at radius 2 is 1.85 bits per heavy atom. The average molecular weight is 390 g/mol. The molecule has 3 rings (SSSR count). The van der Waals surface area contributed by atoms with Gasteiger partial charge in [0.1, 0.15) is 11.5 Å². The van der Waals surface area contributed by atoms with Crippen molar-refractivity contribution < 1.29 is 9.47 Å². The maximum atomic E-state index is 5.99. The molecule has 26 heavy (non-hydrogen) atoms. The number of benzene rings is 2. The summed E-state index contributed by atoms with van der Waals surface area (Å²) in [7, 11) is 3.58. The van der Waals surface area contributed by atoms with Crippen molar-refractivity contribution in [2.24, 2.45) is 7.05 Å². The fraction of sp³-hybridized carbons (Fsp3) is 0.263. The highest BCUT2D eigenvalue weighted by atomic mass is 35.5. The third-order valence-corrected chi connectivity index (χ3v) is 5.21. The van der Waals surface area contributed by atoms with Crippen LogP contribution < -0.4 is 9.47 Å². The Kier molecular flexibility index (Phi) is 6.06. The highest BCUT2D eigenvalue weighted by Gasteiger charge is 2.17. The van der Waals surface area contributed by atoms with E-state index in [2.05, 4.69) is 10.2 Å². The molecule has 1 heterocycles. The Labute approximate surface area is 162 Å². The molecule has 0 spiro atoms. The van der Waals surface area contributed by atoms with Crippen LogP contribution in [0.15, 0.2) is 53.7 Å². The van der Waals surface area contributed by atoms with Crippen LogP contribution in [0.3, 0.4) is 0 Å². The molecule has 0 radical (unpaired) electrons. The number of halogens is 1. The van der Waals surface area contributed by atoms with Crippen molar-refractivity contribution in [1.82, 2.24) is 14.8 Å². The van der Waals surface area contributed by atoms with Crippen LogP contribution >= 0.6 is 23.4 Å². The summed E-state index contributed by atoms with van der Waals surface area (Å²) >= 11 is 7.55. The first-order valence-corrected chi connectivity index (χ1v) is 9.50. The van der Waals surface area contributed by atoms with E-state index in [4.69, 9.17) is 21.1 Å². The molecule has 0 aliphatic carbocycles. The van der Waals surface area contributed by atoms with Crippen molar-refractivity contribution in [2.75, 3.05) is 7.11 Å². The maximum absolute atomic E-state index is 5.99. The third kappa shape index (κ3) is 4.51. The van der Waals surface area contributed by atoms with Gasteiger partial charge in [-0.3, -0.25) is 0 Å². The molecule has 0 aliphatic rings. The molecule has 0 saturated heterocycles. The second kappa shape index (κ2) is 8.47. The van der Waals surface area contributed by atoms with Crippen molar-refractivity contribution in [2.45, 2.75) is 23.9 Å². The van der Waals surface area contributed by atoms with Crippen LogP contribution in [0.5, 0.6) is 11.5 Å². The first-order valence-electron chi connectivity index (χ1n) is 8.14. The van der Waals surface area contributed by atoms with Crippen molar-refractivity contribution in [1.29, 1.82) is 0 Å². The molecule has 0 aliphatic heterocycles. The standard InChI is InChI=1S/C19H20ClN3O2S/c1-13(25-17-6-4-5-16(11-17)24-3)18-21-22-19(23(18)2)26-12-14-7-9-15(20)10-8-14/h4-11,13H,12H2,1-3H3. The van der Waals surface area contributed by atoms with Gasteiger partial charge in [0.15, 0.2) is 17.1 Å². The minimum Gasteiger partial charge on any atom is -0.497 e. The van der Waals surface area contributed by atoms with Crippen LogP contribution in [0, 0.1) is 0 Å². The normalized spacial score (nSPS) is 12.0. The topological polar surface area (TPSA) is 49.2 Å². The van der Waals surface area contributed by atoms with Gasteiger partial charge in [-0.25, -0.2) is 0 Å². The number of methoxy groups -OCH3 is 1. The number of hydrogen-bond donors (Lipinski definition) is 0. The van der Waals surface area contributed by atoms with Gasteiger partial charge in [-0.15, -0.1) is 10.2 Å². The van der Waals surface area contributed by atoms with Crippen molar-refractivity contribution in [3.05, 3.63) is 64.9 Å². The molecule has 1 aromatic heterocycles. The second-order valence-electron chi connectivity index (χ2n) is 5.75. The zero-order valence-corrected chi connectivity index (χ0v) is 16.4. The Morgan fingerprint density at radius 1 is 1.12 bits per heavy atom. The monoisotopic (exact) mass is 389 g/mol. The first kappa shape index (κ1) is 18.6. The van der Waals surface area contributed by atoms with E-state index in [-0.39, 0.29) is 6.10 Å². The Hall–Kier alpha value is -2.18. The number of ether oxygens (including phenoxy) is 2. The lowest BCUT2D eigenvalue weighted by Gasteiger charge is -2.14. The van der Waals surface area contributed by atoms with E-state index in [1.54, 1.807) is 18.9 Å². The number of thioether (sulfide) groups is 1. The molecule has 2 aromatic carbocycles. The van der Waals surface area contributed by atoms with Crippen LogP contribution in [-0.2, 0) is 12.8 Å². The summed E-state index contributed by atoms with van der Waals surface area (Å²) in [4.78, 5) is 0. The van der Waals surface area contributed by atoms with Crippen LogP contribution in [0.25, 0.3) is 0 Å². The second-order valence-corrected chi connectivity index (χ2v) is 7.13. The highest BCUT2D eigenvalue weighted by molar-refractivity contribution is 7.98. The molecule has 3 aromatic rings. The lowest BCUT2D eigenvalue weighted by atomic mass is 10.2. The molecular weight excluding hydrogens is 370 g/mol. The molecule has 0 fully saturated rings. The Balaban J connectivity index is 1.66. The van der Waals surface area contributed by atoms with Gasteiger partial charge >= 0.3 is 0 Å². The largest absolute Gasteiger partial charge is 0.497 e. The van der Waals surface area contributed by atoms with E-state index >= 15 is 0 Å². The smallest absolute Gasteiger partial charge is 0.191 e. The van der Waals surface area contributed by atoms with Gasteiger partial charge in [0.05, 0.1) is 7.11 Å². The molecule has 5 nitrogen and oxygen atoms in total. The highest BCUT2D eigenvalue weighted by Crippen LogP contribution is 2.27. The van der Waals surface area contributed by atoms with Gasteiger partial charge < -0.3 is 14.0 Å². The maximum Gasteiger partial charge on any atom is 0.191 e. The van der Waals surface area contributed by atoms with Crippen molar-refractivity contribution in [3.8, 4) is 11.5 Å². The number of hydrogen-bond acceptors (Lipinski definition) is 5. The van der Waals surface area contributed by atoms with Crippen LogP contribution in [0.2, 0.25) is 5.02 Å². The molecule has 0 N–H and O–H groups in total. The summed E-state index contributed by atoms with van der Waals surface area (Å²) in [5.41, 5.74) is 1.18. The van der Waals surface area contributed by atoms with Crippen molar-refractivity contribution >= 4 is 23.4 Å². The van der Waals surface area contributed by atoms with Gasteiger partial charge in [-0.1, -0.05) is 41.6 Å². The zero-order valence-electron chi connectivity index (χ0n) is 14.8. The predicted molar refractivity (Wildman–Crippen MR) is 104 cm³/mol. The van der Waals surface area contributed by atoms with E-state index in [1.165, 1.54) is 5.56 Å². The van der Waals surface area contributed by atoms with Crippen LogP contribution in [-0.4, -0.2) is 21.9 Å². The molecular formula is C19H20ClN3O2S. The summed E-state index contributed by atoms with van der Waals surface area (Å²) < 4.78 is 13.2. The Bertz CT molecular complexity index is 867. The predicted octanol–water partition coefficient (Wildman–Crippen LogP) is 4.91. The average Bonchev–Trinajstić information content (AvgIpc) is 3.02. The van der Waals surface area contributed by atoms with Gasteiger partial charge in [0.25, 0.3) is 0 Å². The first-order chi connectivity index (χ1) is 12.6. The quantitative estimate of drug-likeness (QED) is 0.537. The van der Waals surface area contributed by atoms with Gasteiger partial charge in [0, 0.05) is 23.9 Å². The number of aromatic nitrogens is 3. The Morgan fingerprint density at radius 3 is 2.58 bits per heavy atom. The summed E-state index contributed by atoms with van der Waals surface area (Å²) in [6, 6.07) is 15.3. The summed E-state index contributed by atoms with van der Waals surface area (Å²) in [5.74, 6) is 3.06. The van der Waals surface area contributed by atoms with Gasteiger partial charge in [0.2, 0.25) is 0 Å². The third-order valence-electron chi connectivity index (χ3n) is 3.87. The molecule has 0 saturated carbocycles. The molecule has 0 bridgehead atoms. The minimum absolute atomic E-state index is 0.232. The lowest BCUT2D eigenvalue weighted by molar-refractivity contribution is 0.210.